The van der Waals surface area contributed by atoms with E-state index in [9.17, 15) is 14.4 Å². The molecule has 1 unspecified atom stereocenters. The minimum absolute atomic E-state index is 0.0678. The molecule has 0 aliphatic rings. The average molecular weight is 944 g/mol. The third-order valence-electron chi connectivity index (χ3n) is 13.5. The van der Waals surface area contributed by atoms with Crippen LogP contribution < -0.4 is 0 Å². The molecule has 0 rings (SSSR count). The van der Waals surface area contributed by atoms with Crippen molar-refractivity contribution in [3.8, 4) is 0 Å². The smallest absolute Gasteiger partial charge is 0.306 e. The second-order valence-corrected chi connectivity index (χ2v) is 20.3. The van der Waals surface area contributed by atoms with Crippen molar-refractivity contribution in [3.63, 3.8) is 0 Å². The molecule has 0 N–H and O–H groups in total. The number of esters is 3. The summed E-state index contributed by atoms with van der Waals surface area (Å²) in [6.07, 6.45) is 65.9. The van der Waals surface area contributed by atoms with Gasteiger partial charge in [0.25, 0.3) is 0 Å². The maximum Gasteiger partial charge on any atom is 0.306 e. The van der Waals surface area contributed by atoms with Gasteiger partial charge in [-0.3, -0.25) is 14.4 Å². The van der Waals surface area contributed by atoms with Gasteiger partial charge in [-0.1, -0.05) is 283 Å². The van der Waals surface area contributed by atoms with Crippen molar-refractivity contribution in [1.29, 1.82) is 0 Å². The zero-order valence-electron chi connectivity index (χ0n) is 45.2. The fourth-order valence-corrected chi connectivity index (χ4v) is 8.95. The van der Waals surface area contributed by atoms with Crippen LogP contribution in [0, 0.1) is 0 Å². The van der Waals surface area contributed by atoms with Gasteiger partial charge in [-0.15, -0.1) is 0 Å². The Morgan fingerprint density at radius 2 is 0.537 bits per heavy atom. The summed E-state index contributed by atoms with van der Waals surface area (Å²) in [4.78, 5) is 38.2. The first-order valence-corrected chi connectivity index (χ1v) is 29.8. The first-order valence-electron chi connectivity index (χ1n) is 29.8. The Kier molecular flexibility index (Phi) is 54.7. The number of carbonyl (C=O) groups excluding carboxylic acids is 3. The Hall–Kier alpha value is -2.11. The molecular weight excluding hydrogens is 829 g/mol. The van der Waals surface area contributed by atoms with E-state index in [1.54, 1.807) is 0 Å². The molecule has 6 nitrogen and oxygen atoms in total. The van der Waals surface area contributed by atoms with Crippen LogP contribution in [0.3, 0.4) is 0 Å². The van der Waals surface area contributed by atoms with Crippen molar-refractivity contribution in [1.82, 2.24) is 0 Å². The fraction of sp³-hybridized carbons (Fsp3) is 0.885. The molecule has 6 heteroatoms. The van der Waals surface area contributed by atoms with E-state index in [-0.39, 0.29) is 31.1 Å². The predicted molar refractivity (Wildman–Crippen MR) is 289 cm³/mol. The first kappa shape index (κ1) is 64.9. The summed E-state index contributed by atoms with van der Waals surface area (Å²) in [5.74, 6) is -0.851. The highest BCUT2D eigenvalue weighted by molar-refractivity contribution is 5.71. The number of ether oxygens (including phenoxy) is 3. The minimum Gasteiger partial charge on any atom is -0.462 e. The van der Waals surface area contributed by atoms with E-state index < -0.39 is 6.10 Å². The van der Waals surface area contributed by atoms with Crippen molar-refractivity contribution in [3.05, 3.63) is 24.3 Å². The third-order valence-corrected chi connectivity index (χ3v) is 13.5. The molecule has 0 aromatic rings. The lowest BCUT2D eigenvalue weighted by molar-refractivity contribution is -0.167. The summed E-state index contributed by atoms with van der Waals surface area (Å²) in [6, 6.07) is 0. The average Bonchev–Trinajstić information content (AvgIpc) is 3.33. The molecule has 0 heterocycles. The van der Waals surface area contributed by atoms with Crippen molar-refractivity contribution in [2.75, 3.05) is 13.2 Å². The number of rotatable bonds is 55. The van der Waals surface area contributed by atoms with Gasteiger partial charge in [-0.25, -0.2) is 0 Å². The van der Waals surface area contributed by atoms with E-state index in [1.807, 2.05) is 0 Å². The molecule has 0 aromatic heterocycles. The van der Waals surface area contributed by atoms with E-state index in [2.05, 4.69) is 45.1 Å². The van der Waals surface area contributed by atoms with Crippen molar-refractivity contribution in [2.24, 2.45) is 0 Å². The molecule has 0 aliphatic carbocycles. The molecule has 0 aliphatic heterocycles. The van der Waals surface area contributed by atoms with Crippen LogP contribution in [0.4, 0.5) is 0 Å². The Labute approximate surface area is 417 Å². The lowest BCUT2D eigenvalue weighted by Gasteiger charge is -2.18. The zero-order valence-corrected chi connectivity index (χ0v) is 45.2. The second kappa shape index (κ2) is 56.5. The van der Waals surface area contributed by atoms with Gasteiger partial charge < -0.3 is 14.2 Å². The molecule has 0 radical (unpaired) electrons. The van der Waals surface area contributed by atoms with Crippen LogP contribution in [0.1, 0.15) is 329 Å². The molecule has 0 fully saturated rings. The van der Waals surface area contributed by atoms with Crippen LogP contribution in [0.5, 0.6) is 0 Å². The number of allylic oxidation sites excluding steroid dienone is 4. The Bertz CT molecular complexity index is 1080. The molecule has 0 spiro atoms. The number of carbonyl (C=O) groups is 3. The summed E-state index contributed by atoms with van der Waals surface area (Å²) in [5.41, 5.74) is 0. The van der Waals surface area contributed by atoms with Gasteiger partial charge in [-0.05, 0) is 51.4 Å². The highest BCUT2D eigenvalue weighted by Gasteiger charge is 2.19. The van der Waals surface area contributed by atoms with Gasteiger partial charge in [0.2, 0.25) is 0 Å². The highest BCUT2D eigenvalue weighted by atomic mass is 16.6. The van der Waals surface area contributed by atoms with Crippen molar-refractivity contribution < 1.29 is 28.6 Å². The zero-order chi connectivity index (χ0) is 48.6. The summed E-state index contributed by atoms with van der Waals surface area (Å²) < 4.78 is 16.9. The monoisotopic (exact) mass is 943 g/mol. The molecule has 0 aromatic carbocycles. The molecule has 0 saturated carbocycles. The third kappa shape index (κ3) is 54.7. The molecule has 0 amide bonds. The first-order chi connectivity index (χ1) is 33.0. The Morgan fingerprint density at radius 3 is 0.851 bits per heavy atom. The van der Waals surface area contributed by atoms with Crippen LogP contribution >= 0.6 is 0 Å². The quantitative estimate of drug-likeness (QED) is 0.0262. The molecule has 0 saturated heterocycles. The normalized spacial score (nSPS) is 12.1. The maximum absolute atomic E-state index is 12.9. The maximum atomic E-state index is 12.9. The Balaban J connectivity index is 4.33. The lowest BCUT2D eigenvalue weighted by Crippen LogP contribution is -2.30. The standard InChI is InChI=1S/C61H114O6/c1-4-7-10-13-16-19-22-25-28-31-34-36-39-42-45-48-51-54-60(63)66-57-58(67-61(64)55-52-49-46-43-40-37-33-30-27-24-21-18-15-12-9-6-3)56-65-59(62)53-50-47-44-41-38-35-32-29-26-23-20-17-14-11-8-5-2/h16,19,25,28,58H,4-15,17-18,20-24,26-27,29-57H2,1-3H3/b19-16-,28-25-. The number of hydrogen-bond acceptors (Lipinski definition) is 6. The molecule has 1 atom stereocenters. The lowest BCUT2D eigenvalue weighted by atomic mass is 10.0. The van der Waals surface area contributed by atoms with Gasteiger partial charge in [0.1, 0.15) is 13.2 Å². The minimum atomic E-state index is -0.769. The summed E-state index contributed by atoms with van der Waals surface area (Å²) in [7, 11) is 0. The summed E-state index contributed by atoms with van der Waals surface area (Å²) in [5, 5.41) is 0. The molecule has 0 bridgehead atoms. The summed E-state index contributed by atoms with van der Waals surface area (Å²) in [6.45, 7) is 6.67. The molecule has 67 heavy (non-hydrogen) atoms. The Morgan fingerprint density at radius 1 is 0.299 bits per heavy atom. The van der Waals surface area contributed by atoms with Crippen molar-refractivity contribution in [2.45, 2.75) is 335 Å². The van der Waals surface area contributed by atoms with Crippen LogP contribution in [-0.2, 0) is 28.6 Å². The van der Waals surface area contributed by atoms with Crippen LogP contribution in [-0.4, -0.2) is 37.2 Å². The largest absolute Gasteiger partial charge is 0.462 e. The van der Waals surface area contributed by atoms with Gasteiger partial charge in [0, 0.05) is 19.3 Å². The van der Waals surface area contributed by atoms with E-state index >= 15 is 0 Å². The van der Waals surface area contributed by atoms with Crippen LogP contribution in [0.15, 0.2) is 24.3 Å². The van der Waals surface area contributed by atoms with E-state index in [0.29, 0.717) is 19.3 Å². The van der Waals surface area contributed by atoms with E-state index in [1.165, 1.54) is 218 Å². The van der Waals surface area contributed by atoms with Crippen LogP contribution in [0.25, 0.3) is 0 Å². The van der Waals surface area contributed by atoms with Crippen LogP contribution in [0.2, 0.25) is 0 Å². The van der Waals surface area contributed by atoms with Crippen molar-refractivity contribution >= 4 is 17.9 Å². The van der Waals surface area contributed by atoms with Gasteiger partial charge in [0.05, 0.1) is 0 Å². The SMILES string of the molecule is CCCCC/C=C\C/C=C\CCCCCCCCCC(=O)OCC(COC(=O)CCCCCCCCCCCCCCCCCC)OC(=O)CCCCCCCCCCCCCCCCCC. The fourth-order valence-electron chi connectivity index (χ4n) is 8.95. The number of hydrogen-bond donors (Lipinski definition) is 0. The van der Waals surface area contributed by atoms with E-state index in [4.69, 9.17) is 14.2 Å². The number of unbranched alkanes of at least 4 members (excludes halogenated alkanes) is 40. The van der Waals surface area contributed by atoms with Gasteiger partial charge in [0.15, 0.2) is 6.10 Å². The molecular formula is C61H114O6. The molecule has 394 valence electrons. The highest BCUT2D eigenvalue weighted by Crippen LogP contribution is 2.17. The van der Waals surface area contributed by atoms with E-state index in [0.717, 1.165) is 70.6 Å². The summed E-state index contributed by atoms with van der Waals surface area (Å²) >= 11 is 0. The van der Waals surface area contributed by atoms with Gasteiger partial charge in [-0.2, -0.15) is 0 Å². The predicted octanol–water partition coefficient (Wildman–Crippen LogP) is 19.9. The van der Waals surface area contributed by atoms with Gasteiger partial charge >= 0.3 is 17.9 Å². The second-order valence-electron chi connectivity index (χ2n) is 20.3. The topological polar surface area (TPSA) is 78.9 Å².